The number of benzene rings is 2. The van der Waals surface area contributed by atoms with Gasteiger partial charge in [0.2, 0.25) is 5.13 Å². The van der Waals surface area contributed by atoms with E-state index >= 15 is 0 Å². The first-order valence-electron chi connectivity index (χ1n) is 7.14. The molecule has 1 N–H and O–H groups in total. The molecule has 0 spiro atoms. The predicted octanol–water partition coefficient (Wildman–Crippen LogP) is 5.00. The Morgan fingerprint density at radius 3 is 2.41 bits per heavy atom. The first-order valence-corrected chi connectivity index (χ1v) is 8.84. The van der Waals surface area contributed by atoms with Crippen LogP contribution in [0.3, 0.4) is 0 Å². The van der Waals surface area contributed by atoms with Gasteiger partial charge in [0.15, 0.2) is 4.34 Å². The molecule has 0 radical (unpaired) electrons. The van der Waals surface area contributed by atoms with Crippen molar-refractivity contribution in [2.75, 3.05) is 5.32 Å². The lowest BCUT2D eigenvalue weighted by atomic mass is 10.2. The fraction of sp³-hybridized carbons (Fsp3) is 0.176. The second-order valence-corrected chi connectivity index (χ2v) is 7.45. The SMILES string of the molecule is C[C@@H](Sc1nnc(NCc2ccccc2)s1)c1ccccc1. The highest BCUT2D eigenvalue weighted by molar-refractivity contribution is 8.01. The zero-order chi connectivity index (χ0) is 15.2. The second-order valence-electron chi connectivity index (χ2n) is 4.88. The summed E-state index contributed by atoms with van der Waals surface area (Å²) in [7, 11) is 0. The topological polar surface area (TPSA) is 37.8 Å². The summed E-state index contributed by atoms with van der Waals surface area (Å²) in [5, 5.41) is 13.0. The molecule has 1 heterocycles. The molecule has 3 rings (SSSR count). The number of anilines is 1. The normalized spacial score (nSPS) is 12.0. The molecule has 3 aromatic rings. The average molecular weight is 327 g/mol. The Bertz CT molecular complexity index is 698. The fourth-order valence-electron chi connectivity index (χ4n) is 2.05. The average Bonchev–Trinajstić information content (AvgIpc) is 3.02. The maximum absolute atomic E-state index is 4.26. The van der Waals surface area contributed by atoms with Crippen LogP contribution in [0.1, 0.15) is 23.3 Å². The molecule has 112 valence electrons. The summed E-state index contributed by atoms with van der Waals surface area (Å²) < 4.78 is 0.993. The Balaban J connectivity index is 1.57. The van der Waals surface area contributed by atoms with Crippen molar-refractivity contribution in [2.45, 2.75) is 23.1 Å². The van der Waals surface area contributed by atoms with Gasteiger partial charge >= 0.3 is 0 Å². The van der Waals surface area contributed by atoms with Gasteiger partial charge in [0, 0.05) is 11.8 Å². The summed E-state index contributed by atoms with van der Waals surface area (Å²) in [5.74, 6) is 0. The zero-order valence-electron chi connectivity index (χ0n) is 12.3. The quantitative estimate of drug-likeness (QED) is 0.646. The van der Waals surface area contributed by atoms with Gasteiger partial charge in [-0.25, -0.2) is 0 Å². The highest BCUT2D eigenvalue weighted by Crippen LogP contribution is 2.37. The maximum atomic E-state index is 4.26. The van der Waals surface area contributed by atoms with Crippen LogP contribution in [-0.4, -0.2) is 10.2 Å². The van der Waals surface area contributed by atoms with Crippen LogP contribution in [0.15, 0.2) is 65.0 Å². The summed E-state index contributed by atoms with van der Waals surface area (Å²) >= 11 is 3.35. The van der Waals surface area contributed by atoms with Crippen LogP contribution in [0.4, 0.5) is 5.13 Å². The fourth-order valence-corrected chi connectivity index (χ4v) is 4.06. The Hall–Kier alpha value is -1.85. The third-order valence-electron chi connectivity index (χ3n) is 3.24. The Morgan fingerprint density at radius 1 is 1.00 bits per heavy atom. The molecular weight excluding hydrogens is 310 g/mol. The Kier molecular flexibility index (Phi) is 5.08. The van der Waals surface area contributed by atoms with Gasteiger partial charge in [-0.05, 0) is 18.1 Å². The Labute approximate surface area is 138 Å². The molecule has 0 amide bonds. The molecule has 1 aromatic heterocycles. The lowest BCUT2D eigenvalue weighted by Crippen LogP contribution is -1.98. The molecule has 0 fully saturated rings. The van der Waals surface area contributed by atoms with Gasteiger partial charge in [-0.2, -0.15) is 0 Å². The van der Waals surface area contributed by atoms with Crippen LogP contribution >= 0.6 is 23.1 Å². The van der Waals surface area contributed by atoms with E-state index in [9.17, 15) is 0 Å². The van der Waals surface area contributed by atoms with E-state index in [4.69, 9.17) is 0 Å². The van der Waals surface area contributed by atoms with E-state index in [-0.39, 0.29) is 0 Å². The molecule has 3 nitrogen and oxygen atoms in total. The molecule has 0 aliphatic carbocycles. The van der Waals surface area contributed by atoms with Crippen LogP contribution in [0, 0.1) is 0 Å². The van der Waals surface area contributed by atoms with Gasteiger partial charge in [-0.3, -0.25) is 0 Å². The van der Waals surface area contributed by atoms with Crippen molar-refractivity contribution in [3.63, 3.8) is 0 Å². The minimum absolute atomic E-state index is 0.371. The van der Waals surface area contributed by atoms with E-state index in [1.807, 2.05) is 24.3 Å². The molecule has 1 atom stereocenters. The number of aromatic nitrogens is 2. The highest BCUT2D eigenvalue weighted by Gasteiger charge is 2.11. The lowest BCUT2D eigenvalue weighted by Gasteiger charge is -2.08. The summed E-state index contributed by atoms with van der Waals surface area (Å²) in [4.78, 5) is 0. The van der Waals surface area contributed by atoms with Gasteiger partial charge in [-0.15, -0.1) is 10.2 Å². The highest BCUT2D eigenvalue weighted by atomic mass is 32.2. The number of rotatable bonds is 6. The molecule has 0 unspecified atom stereocenters. The van der Waals surface area contributed by atoms with Crippen molar-refractivity contribution >= 4 is 28.2 Å². The van der Waals surface area contributed by atoms with Crippen molar-refractivity contribution in [3.8, 4) is 0 Å². The standard InChI is InChI=1S/C17H17N3S2/c1-13(15-10-6-3-7-11-15)21-17-20-19-16(22-17)18-12-14-8-4-2-5-9-14/h2-11,13H,12H2,1H3,(H,18,19)/t13-/m1/s1. The first-order chi connectivity index (χ1) is 10.8. The van der Waals surface area contributed by atoms with E-state index in [0.29, 0.717) is 5.25 Å². The summed E-state index contributed by atoms with van der Waals surface area (Å²) in [6, 6.07) is 20.8. The minimum atomic E-state index is 0.371. The molecule has 0 saturated heterocycles. The Morgan fingerprint density at radius 2 is 1.68 bits per heavy atom. The number of hydrogen-bond acceptors (Lipinski definition) is 5. The van der Waals surface area contributed by atoms with Crippen molar-refractivity contribution in [1.29, 1.82) is 0 Å². The third kappa shape index (κ3) is 4.08. The number of nitrogens with zero attached hydrogens (tertiary/aromatic N) is 2. The maximum Gasteiger partial charge on any atom is 0.206 e. The van der Waals surface area contributed by atoms with Gasteiger partial charge in [0.1, 0.15) is 0 Å². The molecule has 22 heavy (non-hydrogen) atoms. The lowest BCUT2D eigenvalue weighted by molar-refractivity contribution is 0.987. The predicted molar refractivity (Wildman–Crippen MR) is 94.4 cm³/mol. The van der Waals surface area contributed by atoms with E-state index in [1.165, 1.54) is 11.1 Å². The monoisotopic (exact) mass is 327 g/mol. The third-order valence-corrected chi connectivity index (χ3v) is 5.36. The van der Waals surface area contributed by atoms with Crippen LogP contribution in [0.5, 0.6) is 0 Å². The number of thioether (sulfide) groups is 1. The van der Waals surface area contributed by atoms with Crippen molar-refractivity contribution in [2.24, 2.45) is 0 Å². The smallest absolute Gasteiger partial charge is 0.206 e. The van der Waals surface area contributed by atoms with E-state index in [1.54, 1.807) is 23.1 Å². The van der Waals surface area contributed by atoms with Crippen molar-refractivity contribution in [3.05, 3.63) is 71.8 Å². The van der Waals surface area contributed by atoms with Crippen molar-refractivity contribution in [1.82, 2.24) is 10.2 Å². The molecule has 0 aliphatic heterocycles. The molecule has 0 bridgehead atoms. The van der Waals surface area contributed by atoms with Crippen LogP contribution in [0.25, 0.3) is 0 Å². The molecule has 2 aromatic carbocycles. The minimum Gasteiger partial charge on any atom is -0.356 e. The van der Waals surface area contributed by atoms with Gasteiger partial charge in [0.25, 0.3) is 0 Å². The van der Waals surface area contributed by atoms with E-state index in [0.717, 1.165) is 16.0 Å². The van der Waals surface area contributed by atoms with Crippen LogP contribution in [-0.2, 0) is 6.54 Å². The van der Waals surface area contributed by atoms with Gasteiger partial charge in [0.05, 0.1) is 0 Å². The van der Waals surface area contributed by atoms with Crippen molar-refractivity contribution < 1.29 is 0 Å². The van der Waals surface area contributed by atoms with Crippen LogP contribution < -0.4 is 5.32 Å². The summed E-state index contributed by atoms with van der Waals surface area (Å²) in [6.07, 6.45) is 0. The first kappa shape index (κ1) is 15.1. The van der Waals surface area contributed by atoms with E-state index in [2.05, 4.69) is 58.8 Å². The van der Waals surface area contributed by atoms with Gasteiger partial charge < -0.3 is 5.32 Å². The van der Waals surface area contributed by atoms with Gasteiger partial charge in [-0.1, -0.05) is 83.8 Å². The summed E-state index contributed by atoms with van der Waals surface area (Å²) in [5.41, 5.74) is 2.55. The molecule has 5 heteroatoms. The summed E-state index contributed by atoms with van der Waals surface area (Å²) in [6.45, 7) is 2.97. The molecular formula is C17H17N3S2. The molecule has 0 aliphatic rings. The van der Waals surface area contributed by atoms with E-state index < -0.39 is 0 Å². The largest absolute Gasteiger partial charge is 0.356 e. The van der Waals surface area contributed by atoms with Crippen LogP contribution in [0.2, 0.25) is 0 Å². The zero-order valence-corrected chi connectivity index (χ0v) is 13.9. The number of hydrogen-bond donors (Lipinski definition) is 1. The second kappa shape index (κ2) is 7.42. The number of nitrogens with one attached hydrogen (secondary N) is 1. The molecule has 0 saturated carbocycles.